The molecule has 0 aliphatic heterocycles. The van der Waals surface area contributed by atoms with Crippen molar-refractivity contribution in [2.75, 3.05) is 6.54 Å². The van der Waals surface area contributed by atoms with Gasteiger partial charge >= 0.3 is 0 Å². The third-order valence-corrected chi connectivity index (χ3v) is 3.79. The first-order chi connectivity index (χ1) is 8.81. The Kier molecular flexibility index (Phi) is 2.88. The average Bonchev–Trinajstić information content (AvgIpc) is 2.76. The lowest BCUT2D eigenvalue weighted by atomic mass is 9.72. The lowest BCUT2D eigenvalue weighted by Gasteiger charge is -2.36. The van der Waals surface area contributed by atoms with Crippen LogP contribution < -0.4 is 5.32 Å². The van der Waals surface area contributed by atoms with Crippen molar-refractivity contribution in [2.45, 2.75) is 25.3 Å². The van der Waals surface area contributed by atoms with E-state index in [1.54, 1.807) is 0 Å². The second-order valence-corrected chi connectivity index (χ2v) is 4.83. The van der Waals surface area contributed by atoms with Crippen LogP contribution in [0.4, 0.5) is 0 Å². The van der Waals surface area contributed by atoms with Crippen molar-refractivity contribution in [2.24, 2.45) is 7.05 Å². The Labute approximate surface area is 107 Å². The van der Waals surface area contributed by atoms with E-state index in [-0.39, 0.29) is 0 Å². The van der Waals surface area contributed by atoms with Crippen LogP contribution >= 0.6 is 0 Å². The minimum Gasteiger partial charge on any atom is -0.308 e. The summed E-state index contributed by atoms with van der Waals surface area (Å²) in [6.45, 7) is 3.09. The van der Waals surface area contributed by atoms with Crippen molar-refractivity contribution in [1.82, 2.24) is 20.3 Å². The summed E-state index contributed by atoms with van der Waals surface area (Å²) in [6, 6.07) is 9.00. The van der Waals surface area contributed by atoms with E-state index < -0.39 is 0 Å². The van der Waals surface area contributed by atoms with Crippen LogP contribution in [-0.4, -0.2) is 21.5 Å². The maximum atomic E-state index is 4.04. The summed E-state index contributed by atoms with van der Waals surface area (Å²) < 4.78 is 1.87. The Morgan fingerprint density at radius 3 is 2.94 bits per heavy atom. The average molecular weight is 242 g/mol. The van der Waals surface area contributed by atoms with Gasteiger partial charge in [-0.25, -0.2) is 0 Å². The first kappa shape index (κ1) is 11.4. The molecule has 0 bridgehead atoms. The molecular formula is C14H18N4. The number of nitrogens with zero attached hydrogens (tertiary/aromatic N) is 3. The van der Waals surface area contributed by atoms with Crippen LogP contribution in [0.3, 0.4) is 0 Å². The summed E-state index contributed by atoms with van der Waals surface area (Å²) in [7, 11) is 1.96. The maximum Gasteiger partial charge on any atom is 0.0759 e. The molecule has 0 spiro atoms. The van der Waals surface area contributed by atoms with E-state index in [1.165, 1.54) is 11.1 Å². The number of nitrogens with one attached hydrogen (secondary N) is 1. The number of fused-ring (bicyclic) bond motifs is 1. The Balaban J connectivity index is 1.91. The summed E-state index contributed by atoms with van der Waals surface area (Å²) in [5.41, 5.74) is 4.10. The molecule has 1 heterocycles. The van der Waals surface area contributed by atoms with Crippen molar-refractivity contribution in [1.29, 1.82) is 0 Å². The van der Waals surface area contributed by atoms with E-state index in [9.17, 15) is 0 Å². The number of hydrogen-bond acceptors (Lipinski definition) is 3. The second kappa shape index (κ2) is 4.53. The number of aromatic nitrogens is 3. The highest BCUT2D eigenvalue weighted by Gasteiger charge is 2.34. The number of aryl methyl sites for hydroxylation is 1. The number of likely N-dealkylation sites (N-methyl/N-ethyl adjacent to an activating group) is 1. The third-order valence-electron chi connectivity index (χ3n) is 3.79. The van der Waals surface area contributed by atoms with Gasteiger partial charge in [-0.1, -0.05) is 36.4 Å². The molecule has 2 aromatic rings. The molecule has 0 fully saturated rings. The van der Waals surface area contributed by atoms with Crippen LogP contribution in [-0.2, 0) is 13.5 Å². The third kappa shape index (κ3) is 1.73. The van der Waals surface area contributed by atoms with Crippen LogP contribution in [0.1, 0.15) is 35.7 Å². The first-order valence-corrected chi connectivity index (χ1v) is 6.47. The van der Waals surface area contributed by atoms with E-state index >= 15 is 0 Å². The topological polar surface area (TPSA) is 42.7 Å². The highest BCUT2D eigenvalue weighted by atomic mass is 15.4. The molecule has 4 nitrogen and oxygen atoms in total. The van der Waals surface area contributed by atoms with Gasteiger partial charge in [0, 0.05) is 13.0 Å². The molecule has 2 unspecified atom stereocenters. The van der Waals surface area contributed by atoms with Gasteiger partial charge in [0.2, 0.25) is 0 Å². The van der Waals surface area contributed by atoms with E-state index in [2.05, 4.69) is 46.8 Å². The van der Waals surface area contributed by atoms with Gasteiger partial charge in [0.1, 0.15) is 0 Å². The summed E-state index contributed by atoms with van der Waals surface area (Å²) in [5, 5.41) is 11.6. The quantitative estimate of drug-likeness (QED) is 0.889. The largest absolute Gasteiger partial charge is 0.308 e. The Morgan fingerprint density at radius 1 is 1.44 bits per heavy atom. The van der Waals surface area contributed by atoms with E-state index in [0.29, 0.717) is 12.0 Å². The summed E-state index contributed by atoms with van der Waals surface area (Å²) in [5.74, 6) is 0.540. The van der Waals surface area contributed by atoms with Crippen LogP contribution in [0.15, 0.2) is 30.5 Å². The minimum atomic E-state index is 0.310. The molecule has 2 atom stereocenters. The zero-order valence-electron chi connectivity index (χ0n) is 10.8. The van der Waals surface area contributed by atoms with Crippen molar-refractivity contribution in [3.8, 4) is 0 Å². The summed E-state index contributed by atoms with van der Waals surface area (Å²) in [4.78, 5) is 0. The molecule has 4 heteroatoms. The molecule has 1 N–H and O–H groups in total. The van der Waals surface area contributed by atoms with Crippen LogP contribution in [0.2, 0.25) is 0 Å². The van der Waals surface area contributed by atoms with E-state index in [4.69, 9.17) is 0 Å². The molecule has 1 aromatic heterocycles. The molecular weight excluding hydrogens is 224 g/mol. The Morgan fingerprint density at radius 2 is 2.28 bits per heavy atom. The highest BCUT2D eigenvalue weighted by molar-refractivity contribution is 5.42. The smallest absolute Gasteiger partial charge is 0.0759 e. The molecule has 1 aromatic carbocycles. The van der Waals surface area contributed by atoms with Crippen molar-refractivity contribution >= 4 is 0 Å². The van der Waals surface area contributed by atoms with Crippen molar-refractivity contribution in [3.05, 3.63) is 47.3 Å². The van der Waals surface area contributed by atoms with Gasteiger partial charge in [-0.05, 0) is 24.1 Å². The SMILES string of the molecule is CCNC(c1cnnn1C)C1Cc2ccccc21. The molecule has 0 saturated carbocycles. The molecule has 0 saturated heterocycles. The van der Waals surface area contributed by atoms with Crippen molar-refractivity contribution < 1.29 is 0 Å². The fraction of sp³-hybridized carbons (Fsp3) is 0.429. The zero-order valence-corrected chi connectivity index (χ0v) is 10.8. The lowest BCUT2D eigenvalue weighted by molar-refractivity contribution is 0.398. The second-order valence-electron chi connectivity index (χ2n) is 4.83. The first-order valence-electron chi connectivity index (χ1n) is 6.47. The van der Waals surface area contributed by atoms with Crippen LogP contribution in [0.5, 0.6) is 0 Å². The molecule has 18 heavy (non-hydrogen) atoms. The standard InChI is InChI=1S/C14H18N4/c1-3-15-14(13-9-16-17-18(13)2)12-8-10-6-4-5-7-11(10)12/h4-7,9,12,14-15H,3,8H2,1-2H3. The fourth-order valence-electron chi connectivity index (χ4n) is 2.85. The van der Waals surface area contributed by atoms with Crippen LogP contribution in [0.25, 0.3) is 0 Å². The lowest BCUT2D eigenvalue weighted by Crippen LogP contribution is -2.34. The van der Waals surface area contributed by atoms with Gasteiger partial charge in [0.15, 0.2) is 0 Å². The predicted molar refractivity (Wildman–Crippen MR) is 70.3 cm³/mol. The summed E-state index contributed by atoms with van der Waals surface area (Å²) in [6.07, 6.45) is 3.01. The maximum absolute atomic E-state index is 4.04. The number of benzene rings is 1. The highest BCUT2D eigenvalue weighted by Crippen LogP contribution is 2.43. The molecule has 3 rings (SSSR count). The van der Waals surface area contributed by atoms with Gasteiger partial charge in [0.25, 0.3) is 0 Å². The van der Waals surface area contributed by atoms with Gasteiger partial charge < -0.3 is 5.32 Å². The Hall–Kier alpha value is -1.68. The Bertz CT molecular complexity index is 546. The molecule has 1 aliphatic carbocycles. The minimum absolute atomic E-state index is 0.310. The molecule has 0 radical (unpaired) electrons. The monoisotopic (exact) mass is 242 g/mol. The van der Waals surface area contributed by atoms with Gasteiger partial charge in [0.05, 0.1) is 17.9 Å². The van der Waals surface area contributed by atoms with Crippen LogP contribution in [0, 0.1) is 0 Å². The predicted octanol–water partition coefficient (Wildman–Crippen LogP) is 1.81. The van der Waals surface area contributed by atoms with E-state index in [0.717, 1.165) is 18.7 Å². The van der Waals surface area contributed by atoms with Crippen molar-refractivity contribution in [3.63, 3.8) is 0 Å². The van der Waals surface area contributed by atoms with Gasteiger partial charge in [-0.15, -0.1) is 5.10 Å². The molecule has 0 amide bonds. The summed E-state index contributed by atoms with van der Waals surface area (Å²) >= 11 is 0. The normalized spacial score (nSPS) is 19.1. The van der Waals surface area contributed by atoms with Gasteiger partial charge in [-0.2, -0.15) is 0 Å². The zero-order chi connectivity index (χ0) is 12.5. The molecule has 94 valence electrons. The molecule has 1 aliphatic rings. The number of hydrogen-bond donors (Lipinski definition) is 1. The van der Waals surface area contributed by atoms with E-state index in [1.807, 2.05) is 17.9 Å². The fourth-order valence-corrected chi connectivity index (χ4v) is 2.85. The van der Waals surface area contributed by atoms with Gasteiger partial charge in [-0.3, -0.25) is 4.68 Å². The number of rotatable bonds is 4.